The molecule has 142 valence electrons. The van der Waals surface area contributed by atoms with Crippen molar-refractivity contribution in [2.24, 2.45) is 0 Å². The molecule has 2 unspecified atom stereocenters. The zero-order valence-corrected chi connectivity index (χ0v) is 15.5. The van der Waals surface area contributed by atoms with Crippen LogP contribution in [0.2, 0.25) is 0 Å². The smallest absolute Gasteiger partial charge is 0.276 e. The molecule has 0 aromatic rings. The molecule has 14 heteroatoms. The lowest BCUT2D eigenvalue weighted by molar-refractivity contribution is -0.122. The first-order chi connectivity index (χ1) is 10.9. The lowest BCUT2D eigenvalue weighted by atomic mass is 10.3. The molecule has 0 rings (SSSR count). The quantitative estimate of drug-likeness (QED) is 0.184. The van der Waals surface area contributed by atoms with Gasteiger partial charge in [-0.3, -0.25) is 18.7 Å². The second kappa shape index (κ2) is 10.4. The number of alkyl halides is 2. The van der Waals surface area contributed by atoms with E-state index in [1.165, 1.54) is 0 Å². The largest absolute Gasteiger partial charge is 0.353 e. The third kappa shape index (κ3) is 8.44. The minimum Gasteiger partial charge on any atom is -0.353 e. The maximum atomic E-state index is 11.6. The summed E-state index contributed by atoms with van der Waals surface area (Å²) < 4.78 is 62.0. The van der Waals surface area contributed by atoms with Crippen LogP contribution in [-0.2, 0) is 29.8 Å². The van der Waals surface area contributed by atoms with Crippen molar-refractivity contribution in [3.8, 4) is 0 Å². The lowest BCUT2D eigenvalue weighted by Gasteiger charge is -2.15. The summed E-state index contributed by atoms with van der Waals surface area (Å²) >= 11 is 10.7. The van der Waals surface area contributed by atoms with Gasteiger partial charge in [-0.25, -0.2) is 0 Å². The number of nitrogens with one attached hydrogen (secondary N) is 2. The maximum Gasteiger partial charge on any atom is 0.276 e. The third-order valence-electron chi connectivity index (χ3n) is 2.77. The van der Waals surface area contributed by atoms with Crippen LogP contribution >= 0.6 is 23.2 Å². The molecule has 24 heavy (non-hydrogen) atoms. The fourth-order valence-corrected chi connectivity index (χ4v) is 3.86. The van der Waals surface area contributed by atoms with Crippen LogP contribution in [0.1, 0.15) is 12.8 Å². The molecule has 0 heterocycles. The second-order valence-corrected chi connectivity index (χ2v) is 8.50. The molecule has 0 radical (unpaired) electrons. The first-order valence-corrected chi connectivity index (χ1v) is 10.6. The minimum absolute atomic E-state index is 0.178. The van der Waals surface area contributed by atoms with E-state index in [9.17, 15) is 26.4 Å². The number of hydrogen-bond acceptors (Lipinski definition) is 6. The average molecular weight is 429 g/mol. The summed E-state index contributed by atoms with van der Waals surface area (Å²) in [6.45, 7) is -0.476. The molecule has 0 saturated heterocycles. The van der Waals surface area contributed by atoms with Gasteiger partial charge in [-0.15, -0.1) is 23.2 Å². The van der Waals surface area contributed by atoms with E-state index in [1.54, 1.807) is 0 Å². The Morgan fingerprint density at radius 3 is 1.29 bits per heavy atom. The second-order valence-electron chi connectivity index (χ2n) is 4.54. The van der Waals surface area contributed by atoms with Gasteiger partial charge in [0, 0.05) is 24.8 Å². The van der Waals surface area contributed by atoms with Crippen molar-refractivity contribution in [2.75, 3.05) is 24.8 Å². The fourth-order valence-electron chi connectivity index (χ4n) is 1.63. The number of carbonyl (C=O) groups is 2. The monoisotopic (exact) mass is 428 g/mol. The Bertz CT molecular complexity index is 581. The summed E-state index contributed by atoms with van der Waals surface area (Å²) in [5.41, 5.74) is 0. The molecule has 10 nitrogen and oxygen atoms in total. The van der Waals surface area contributed by atoms with Crippen molar-refractivity contribution in [2.45, 2.75) is 23.3 Å². The van der Waals surface area contributed by atoms with Gasteiger partial charge in [-0.2, -0.15) is 16.8 Å². The Balaban J connectivity index is 4.52. The highest BCUT2D eigenvalue weighted by molar-refractivity contribution is 7.87. The molecule has 0 spiro atoms. The van der Waals surface area contributed by atoms with E-state index in [0.717, 1.165) is 0 Å². The number of rotatable bonds is 11. The van der Waals surface area contributed by atoms with E-state index < -0.39 is 42.6 Å². The minimum atomic E-state index is -4.63. The molecule has 2 amide bonds. The van der Waals surface area contributed by atoms with Crippen LogP contribution in [-0.4, -0.2) is 73.1 Å². The van der Waals surface area contributed by atoms with Crippen molar-refractivity contribution in [1.82, 2.24) is 10.6 Å². The van der Waals surface area contributed by atoms with Crippen LogP contribution in [0.25, 0.3) is 0 Å². The summed E-state index contributed by atoms with van der Waals surface area (Å²) in [5, 5.41) is 0.813. The number of amides is 2. The van der Waals surface area contributed by atoms with Crippen molar-refractivity contribution < 1.29 is 35.5 Å². The molecule has 0 aromatic carbocycles. The zero-order chi connectivity index (χ0) is 19.0. The Labute approximate surface area is 149 Å². The van der Waals surface area contributed by atoms with Crippen LogP contribution < -0.4 is 10.6 Å². The van der Waals surface area contributed by atoms with Gasteiger partial charge in [-0.05, 0) is 12.8 Å². The van der Waals surface area contributed by atoms with Crippen LogP contribution in [0.5, 0.6) is 0 Å². The summed E-state index contributed by atoms with van der Waals surface area (Å²) in [7, 11) is -9.26. The number of halogens is 2. The van der Waals surface area contributed by atoms with Gasteiger partial charge in [0.15, 0.2) is 10.5 Å². The highest BCUT2D eigenvalue weighted by Crippen LogP contribution is 2.07. The van der Waals surface area contributed by atoms with Gasteiger partial charge >= 0.3 is 0 Å². The van der Waals surface area contributed by atoms with Crippen LogP contribution in [0.3, 0.4) is 0 Å². The molecule has 0 aliphatic carbocycles. The number of carbonyl (C=O) groups excluding carboxylic acids is 2. The summed E-state index contributed by atoms with van der Waals surface area (Å²) in [6.07, 6.45) is -0.613. The molecular weight excluding hydrogens is 411 g/mol. The molecule has 0 bridgehead atoms. The third-order valence-corrected chi connectivity index (χ3v) is 5.54. The van der Waals surface area contributed by atoms with E-state index >= 15 is 0 Å². The van der Waals surface area contributed by atoms with Crippen molar-refractivity contribution in [3.63, 3.8) is 0 Å². The van der Waals surface area contributed by atoms with Crippen molar-refractivity contribution in [3.05, 3.63) is 0 Å². The van der Waals surface area contributed by atoms with Crippen LogP contribution in [0, 0.1) is 0 Å². The van der Waals surface area contributed by atoms with E-state index in [4.69, 9.17) is 32.3 Å². The first-order valence-electron chi connectivity index (χ1n) is 6.55. The maximum absolute atomic E-state index is 11.6. The fraction of sp³-hybridized carbons (Fsp3) is 0.800. The molecular formula is C10H18Cl2N2O8S2. The van der Waals surface area contributed by atoms with Gasteiger partial charge in [-0.1, -0.05) is 0 Å². The summed E-state index contributed by atoms with van der Waals surface area (Å²) in [4.78, 5) is 23.3. The van der Waals surface area contributed by atoms with Gasteiger partial charge < -0.3 is 10.6 Å². The predicted octanol–water partition coefficient (Wildman–Crippen LogP) is -1.01. The highest BCUT2D eigenvalue weighted by Gasteiger charge is 2.31. The average Bonchev–Trinajstić information content (AvgIpc) is 2.43. The Morgan fingerprint density at radius 2 is 1.08 bits per heavy atom. The Morgan fingerprint density at radius 1 is 0.792 bits per heavy atom. The van der Waals surface area contributed by atoms with Gasteiger partial charge in [0.05, 0.1) is 0 Å². The van der Waals surface area contributed by atoms with Crippen molar-refractivity contribution in [1.29, 1.82) is 0 Å². The number of hydrogen-bond donors (Lipinski definition) is 4. The lowest BCUT2D eigenvalue weighted by Crippen LogP contribution is -2.45. The molecule has 0 aliphatic heterocycles. The predicted molar refractivity (Wildman–Crippen MR) is 87.4 cm³/mol. The normalized spacial score (nSPS) is 14.7. The van der Waals surface area contributed by atoms with E-state index in [1.807, 2.05) is 0 Å². The molecule has 0 aromatic heterocycles. The van der Waals surface area contributed by atoms with E-state index in [0.29, 0.717) is 0 Å². The van der Waals surface area contributed by atoms with E-state index in [2.05, 4.69) is 10.6 Å². The Hall–Kier alpha value is -0.660. The van der Waals surface area contributed by atoms with Crippen molar-refractivity contribution >= 4 is 55.3 Å². The SMILES string of the molecule is O=C(NCCNC(=O)C(CCCl)S(=O)(=O)O)C(CCCl)S(=O)(=O)O. The summed E-state index contributed by atoms with van der Waals surface area (Å²) in [5.74, 6) is -2.38. The zero-order valence-electron chi connectivity index (χ0n) is 12.3. The topological polar surface area (TPSA) is 167 Å². The highest BCUT2D eigenvalue weighted by atomic mass is 35.5. The molecule has 4 N–H and O–H groups in total. The van der Waals surface area contributed by atoms with E-state index in [-0.39, 0.29) is 37.7 Å². The molecule has 2 atom stereocenters. The summed E-state index contributed by atoms with van der Waals surface area (Å²) in [6, 6.07) is 0. The standard InChI is InChI=1S/C10H18Cl2N2O8S2/c11-3-1-7(23(17,18)19)9(15)13-5-6-14-10(16)8(2-4-12)24(20,21)22/h7-8H,1-6H2,(H,13,15)(H,14,16)(H,17,18,19)(H,20,21,22). The molecule has 0 saturated carbocycles. The van der Waals surface area contributed by atoms with Gasteiger partial charge in [0.25, 0.3) is 20.2 Å². The van der Waals surface area contributed by atoms with Gasteiger partial charge in [0.1, 0.15) is 0 Å². The van der Waals surface area contributed by atoms with Gasteiger partial charge in [0.2, 0.25) is 11.8 Å². The first kappa shape index (κ1) is 23.3. The molecule has 0 fully saturated rings. The Kier molecular flexibility index (Phi) is 10.1. The molecule has 0 aliphatic rings. The van der Waals surface area contributed by atoms with Crippen LogP contribution in [0.15, 0.2) is 0 Å². The van der Waals surface area contributed by atoms with Crippen LogP contribution in [0.4, 0.5) is 0 Å².